The first-order valence-electron chi connectivity index (χ1n) is 11.5. The molecule has 6 heteroatoms. The van der Waals surface area contributed by atoms with Gasteiger partial charge in [0.25, 0.3) is 0 Å². The second-order valence-corrected chi connectivity index (χ2v) is 8.51. The average molecular weight is 459 g/mol. The van der Waals surface area contributed by atoms with Crippen LogP contribution in [0.4, 0.5) is 0 Å². The number of aryl methyl sites for hydroxylation is 2. The molecule has 0 aliphatic carbocycles. The lowest BCUT2D eigenvalue weighted by atomic mass is 10.0. The van der Waals surface area contributed by atoms with E-state index in [-0.39, 0.29) is 25.0 Å². The molecular formula is C28H30N2O4. The topological polar surface area (TPSA) is 67.9 Å². The highest BCUT2D eigenvalue weighted by Gasteiger charge is 2.29. The van der Waals surface area contributed by atoms with Crippen molar-refractivity contribution < 1.29 is 19.1 Å². The summed E-state index contributed by atoms with van der Waals surface area (Å²) in [7, 11) is 1.61. The van der Waals surface area contributed by atoms with E-state index in [9.17, 15) is 9.59 Å². The average Bonchev–Trinajstić information content (AvgIpc) is 3.34. The number of nitrogens with zero attached hydrogens (tertiary/aromatic N) is 1. The third-order valence-corrected chi connectivity index (χ3v) is 6.06. The maximum absolute atomic E-state index is 13.6. The van der Waals surface area contributed by atoms with E-state index in [1.807, 2.05) is 79.7 Å². The van der Waals surface area contributed by atoms with Gasteiger partial charge in [-0.3, -0.25) is 9.59 Å². The highest BCUT2D eigenvalue weighted by Crippen LogP contribution is 2.32. The van der Waals surface area contributed by atoms with Crippen LogP contribution in [-0.2, 0) is 29.0 Å². The fourth-order valence-electron chi connectivity index (χ4n) is 4.10. The molecule has 0 saturated heterocycles. The summed E-state index contributed by atoms with van der Waals surface area (Å²) in [6, 6.07) is 23.0. The lowest BCUT2D eigenvalue weighted by Crippen LogP contribution is -2.49. The lowest BCUT2D eigenvalue weighted by Gasteiger charge is -2.31. The smallest absolute Gasteiger partial charge is 0.242 e. The first-order chi connectivity index (χ1) is 16.5. The first kappa shape index (κ1) is 23.4. The molecule has 0 fully saturated rings. The second-order valence-electron chi connectivity index (χ2n) is 8.51. The van der Waals surface area contributed by atoms with Crippen LogP contribution < -0.4 is 14.8 Å². The van der Waals surface area contributed by atoms with Crippen LogP contribution in [0.5, 0.6) is 11.5 Å². The van der Waals surface area contributed by atoms with E-state index < -0.39 is 6.04 Å². The van der Waals surface area contributed by atoms with Crippen LogP contribution in [0.3, 0.4) is 0 Å². The quantitative estimate of drug-likeness (QED) is 0.526. The van der Waals surface area contributed by atoms with E-state index in [4.69, 9.17) is 9.47 Å². The molecule has 0 spiro atoms. The number of benzene rings is 3. The number of nitrogens with one attached hydrogen (secondary N) is 1. The molecule has 4 rings (SSSR count). The number of likely N-dealkylation sites (N-methyl/N-ethyl adjacent to an activating group) is 1. The molecule has 1 unspecified atom stereocenters. The predicted molar refractivity (Wildman–Crippen MR) is 131 cm³/mol. The lowest BCUT2D eigenvalue weighted by molar-refractivity contribution is -0.141. The molecule has 1 N–H and O–H groups in total. The fraction of sp³-hybridized carbons (Fsp3) is 0.286. The molecule has 34 heavy (non-hydrogen) atoms. The van der Waals surface area contributed by atoms with Gasteiger partial charge in [-0.1, -0.05) is 66.2 Å². The highest BCUT2D eigenvalue weighted by molar-refractivity contribution is 5.88. The summed E-state index contributed by atoms with van der Waals surface area (Å²) in [4.78, 5) is 28.2. The SMILES string of the molecule is CNC(=O)C(Cc1ccccc1)N(Cc1ccc(C)cc1)C(=O)CCc1ccc2c(c1)OCO2. The minimum atomic E-state index is -0.613. The van der Waals surface area contributed by atoms with Crippen LogP contribution in [0.15, 0.2) is 72.8 Å². The van der Waals surface area contributed by atoms with Crippen LogP contribution in [0.1, 0.15) is 28.7 Å². The van der Waals surface area contributed by atoms with Crippen molar-refractivity contribution in [2.45, 2.75) is 38.8 Å². The molecule has 3 aromatic rings. The second kappa shape index (κ2) is 10.9. The van der Waals surface area contributed by atoms with Gasteiger partial charge in [-0.05, 0) is 42.2 Å². The van der Waals surface area contributed by atoms with Crippen molar-refractivity contribution in [1.82, 2.24) is 10.2 Å². The summed E-state index contributed by atoms with van der Waals surface area (Å²) >= 11 is 0. The van der Waals surface area contributed by atoms with Crippen molar-refractivity contribution in [2.24, 2.45) is 0 Å². The number of hydrogen-bond acceptors (Lipinski definition) is 4. The van der Waals surface area contributed by atoms with Crippen molar-refractivity contribution in [3.63, 3.8) is 0 Å². The summed E-state index contributed by atoms with van der Waals surface area (Å²) < 4.78 is 10.8. The molecule has 1 aliphatic heterocycles. The van der Waals surface area contributed by atoms with Crippen molar-refractivity contribution in [3.8, 4) is 11.5 Å². The predicted octanol–water partition coefficient (Wildman–Crippen LogP) is 4.04. The van der Waals surface area contributed by atoms with Gasteiger partial charge in [0.05, 0.1) is 0 Å². The van der Waals surface area contributed by atoms with Crippen LogP contribution in [-0.4, -0.2) is 36.6 Å². The minimum Gasteiger partial charge on any atom is -0.454 e. The Bertz CT molecular complexity index is 1130. The molecule has 0 radical (unpaired) electrons. The van der Waals surface area contributed by atoms with Gasteiger partial charge in [0.1, 0.15) is 6.04 Å². The van der Waals surface area contributed by atoms with Gasteiger partial charge in [-0.25, -0.2) is 0 Å². The first-order valence-corrected chi connectivity index (χ1v) is 11.5. The molecule has 2 amide bonds. The molecule has 1 heterocycles. The number of fused-ring (bicyclic) bond motifs is 1. The molecule has 176 valence electrons. The normalized spacial score (nSPS) is 12.8. The molecule has 6 nitrogen and oxygen atoms in total. The zero-order valence-corrected chi connectivity index (χ0v) is 19.6. The zero-order valence-electron chi connectivity index (χ0n) is 19.6. The Labute approximate surface area is 200 Å². The number of carbonyl (C=O) groups is 2. The number of amides is 2. The minimum absolute atomic E-state index is 0.0669. The third-order valence-electron chi connectivity index (χ3n) is 6.06. The van der Waals surface area contributed by atoms with Crippen molar-refractivity contribution in [1.29, 1.82) is 0 Å². The monoisotopic (exact) mass is 458 g/mol. The largest absolute Gasteiger partial charge is 0.454 e. The molecule has 0 bridgehead atoms. The Balaban J connectivity index is 1.56. The Kier molecular flexibility index (Phi) is 7.48. The summed E-state index contributed by atoms with van der Waals surface area (Å²) in [6.45, 7) is 2.61. The summed E-state index contributed by atoms with van der Waals surface area (Å²) in [5.74, 6) is 1.18. The van der Waals surface area contributed by atoms with Crippen molar-refractivity contribution in [2.75, 3.05) is 13.8 Å². The molecule has 3 aromatic carbocycles. The van der Waals surface area contributed by atoms with E-state index in [0.29, 0.717) is 25.1 Å². The van der Waals surface area contributed by atoms with Crippen LogP contribution in [0.25, 0.3) is 0 Å². The van der Waals surface area contributed by atoms with Crippen molar-refractivity contribution in [3.05, 3.63) is 95.1 Å². The van der Waals surface area contributed by atoms with Gasteiger partial charge in [0, 0.05) is 26.4 Å². The number of rotatable bonds is 9. The van der Waals surface area contributed by atoms with Gasteiger partial charge in [-0.2, -0.15) is 0 Å². The van der Waals surface area contributed by atoms with Gasteiger partial charge >= 0.3 is 0 Å². The molecule has 1 aliphatic rings. The Morgan fingerprint density at radius 1 is 0.912 bits per heavy atom. The summed E-state index contributed by atoms with van der Waals surface area (Å²) in [5.41, 5.74) is 4.14. The van der Waals surface area contributed by atoms with E-state index >= 15 is 0 Å². The van der Waals surface area contributed by atoms with Gasteiger partial charge in [-0.15, -0.1) is 0 Å². The number of ether oxygens (including phenoxy) is 2. The standard InChI is InChI=1S/C28H30N2O4/c1-20-8-10-23(11-9-20)18-30(24(28(32)29-2)16-21-6-4-3-5-7-21)27(31)15-13-22-12-14-25-26(17-22)34-19-33-25/h3-12,14,17,24H,13,15-16,18-19H2,1-2H3,(H,29,32). The Hall–Kier alpha value is -3.80. The summed E-state index contributed by atoms with van der Waals surface area (Å²) in [6.07, 6.45) is 1.28. The Morgan fingerprint density at radius 2 is 1.62 bits per heavy atom. The van der Waals surface area contributed by atoms with Crippen LogP contribution >= 0.6 is 0 Å². The van der Waals surface area contributed by atoms with E-state index in [1.54, 1.807) is 11.9 Å². The van der Waals surface area contributed by atoms with Gasteiger partial charge in [0.15, 0.2) is 11.5 Å². The fourth-order valence-corrected chi connectivity index (χ4v) is 4.10. The van der Waals surface area contributed by atoms with Crippen LogP contribution in [0, 0.1) is 6.92 Å². The maximum Gasteiger partial charge on any atom is 0.242 e. The van der Waals surface area contributed by atoms with E-state index in [0.717, 1.165) is 28.0 Å². The summed E-state index contributed by atoms with van der Waals surface area (Å²) in [5, 5.41) is 2.75. The van der Waals surface area contributed by atoms with E-state index in [2.05, 4.69) is 5.32 Å². The van der Waals surface area contributed by atoms with Gasteiger partial charge in [0.2, 0.25) is 18.6 Å². The highest BCUT2D eigenvalue weighted by atomic mass is 16.7. The molecule has 0 aromatic heterocycles. The number of hydrogen-bond donors (Lipinski definition) is 1. The third kappa shape index (κ3) is 5.76. The molecule has 1 atom stereocenters. The van der Waals surface area contributed by atoms with Gasteiger partial charge < -0.3 is 19.7 Å². The molecule has 0 saturated carbocycles. The van der Waals surface area contributed by atoms with E-state index in [1.165, 1.54) is 0 Å². The molecular weight excluding hydrogens is 428 g/mol. The zero-order chi connectivity index (χ0) is 23.9. The Morgan fingerprint density at radius 3 is 2.35 bits per heavy atom. The maximum atomic E-state index is 13.6. The number of carbonyl (C=O) groups excluding carboxylic acids is 2. The van der Waals surface area contributed by atoms with Crippen LogP contribution in [0.2, 0.25) is 0 Å². The van der Waals surface area contributed by atoms with Crippen molar-refractivity contribution >= 4 is 11.8 Å².